The molecule has 2 atom stereocenters. The number of carbonyl (C=O) groups excluding carboxylic acids is 2. The second-order valence-electron chi connectivity index (χ2n) is 8.19. The van der Waals surface area contributed by atoms with Gasteiger partial charge in [-0.2, -0.15) is 16.8 Å². The Balaban J connectivity index is 2.00. The number of allylic oxidation sites excluding steroid dienone is 1. The zero-order chi connectivity index (χ0) is 25.2. The van der Waals surface area contributed by atoms with Crippen molar-refractivity contribution in [3.8, 4) is 0 Å². The fourth-order valence-corrected chi connectivity index (χ4v) is 5.97. The minimum atomic E-state index is -5.10. The predicted molar refractivity (Wildman–Crippen MR) is 122 cm³/mol. The van der Waals surface area contributed by atoms with E-state index in [4.69, 9.17) is 5.73 Å². The Morgan fingerprint density at radius 2 is 1.56 bits per heavy atom. The highest BCUT2D eigenvalue weighted by molar-refractivity contribution is 7.87. The first-order chi connectivity index (χ1) is 15.7. The Labute approximate surface area is 195 Å². The molecule has 0 aliphatic heterocycles. The molecule has 2 unspecified atom stereocenters. The third-order valence-corrected chi connectivity index (χ3v) is 8.31. The molecule has 34 heavy (non-hydrogen) atoms. The standard InChI is InChI=1S/C22H20N2O8S2/c1-11-7-8-15(17(9-11)33(27,28)29)24-16-10-12(2)22(23,34(30,31)32)19-18(16)20(25)13-5-3-4-6-14(13)21(19)26/h3-10,12,24H,23H2,1-2H3,(H,27,28,29)(H,30,31,32). The first-order valence-electron chi connectivity index (χ1n) is 9.94. The minimum absolute atomic E-state index is 0.00917. The van der Waals surface area contributed by atoms with Gasteiger partial charge in [0.2, 0.25) is 0 Å². The molecule has 2 aromatic rings. The van der Waals surface area contributed by atoms with Gasteiger partial charge in [0.25, 0.3) is 20.2 Å². The van der Waals surface area contributed by atoms with Gasteiger partial charge in [-0.25, -0.2) is 0 Å². The number of nitrogens with two attached hydrogens (primary N) is 1. The van der Waals surface area contributed by atoms with E-state index in [-0.39, 0.29) is 22.5 Å². The Morgan fingerprint density at radius 3 is 2.12 bits per heavy atom. The van der Waals surface area contributed by atoms with Gasteiger partial charge in [0.1, 0.15) is 4.90 Å². The van der Waals surface area contributed by atoms with Crippen LogP contribution in [0.2, 0.25) is 0 Å². The Hall–Kier alpha value is -3.16. The van der Waals surface area contributed by atoms with Crippen molar-refractivity contribution in [2.75, 3.05) is 5.32 Å². The highest BCUT2D eigenvalue weighted by Gasteiger charge is 2.56. The van der Waals surface area contributed by atoms with Crippen molar-refractivity contribution in [2.45, 2.75) is 23.6 Å². The summed E-state index contributed by atoms with van der Waals surface area (Å²) >= 11 is 0. The smallest absolute Gasteiger partial charge is 0.296 e. The van der Waals surface area contributed by atoms with Gasteiger partial charge in [-0.05, 0) is 24.6 Å². The van der Waals surface area contributed by atoms with Crippen LogP contribution >= 0.6 is 0 Å². The molecule has 0 saturated heterocycles. The number of anilines is 1. The van der Waals surface area contributed by atoms with Crippen LogP contribution in [0, 0.1) is 12.8 Å². The molecule has 0 heterocycles. The summed E-state index contributed by atoms with van der Waals surface area (Å²) < 4.78 is 68.4. The largest absolute Gasteiger partial charge is 0.354 e. The third-order valence-electron chi connectivity index (χ3n) is 5.98. The SMILES string of the molecule is Cc1ccc(NC2=CC(C)C(N)(S(=O)(=O)O)C3=C2C(=O)c2ccccc2C3=O)c(S(=O)(=O)O)c1. The minimum Gasteiger partial charge on any atom is -0.354 e. The van der Waals surface area contributed by atoms with E-state index in [1.807, 2.05) is 0 Å². The maximum Gasteiger partial charge on any atom is 0.296 e. The Morgan fingerprint density at radius 1 is 0.971 bits per heavy atom. The van der Waals surface area contributed by atoms with Crippen LogP contribution in [0.1, 0.15) is 33.2 Å². The molecule has 0 saturated carbocycles. The normalized spacial score (nSPS) is 22.7. The van der Waals surface area contributed by atoms with Crippen LogP contribution in [0.25, 0.3) is 0 Å². The summed E-state index contributed by atoms with van der Waals surface area (Å²) in [6, 6.07) is 9.84. The third kappa shape index (κ3) is 3.51. The number of hydrogen-bond acceptors (Lipinski definition) is 8. The summed E-state index contributed by atoms with van der Waals surface area (Å²) in [5.41, 5.74) is 5.33. The van der Waals surface area contributed by atoms with E-state index < -0.39 is 58.6 Å². The maximum absolute atomic E-state index is 13.5. The van der Waals surface area contributed by atoms with E-state index >= 15 is 0 Å². The van der Waals surface area contributed by atoms with Crippen LogP contribution < -0.4 is 11.1 Å². The molecule has 0 aromatic heterocycles. The molecular weight excluding hydrogens is 484 g/mol. The van der Waals surface area contributed by atoms with Crippen LogP contribution in [0.5, 0.6) is 0 Å². The molecule has 10 nitrogen and oxygen atoms in total. The topological polar surface area (TPSA) is 181 Å². The van der Waals surface area contributed by atoms with Crippen LogP contribution in [-0.4, -0.2) is 42.4 Å². The zero-order valence-corrected chi connectivity index (χ0v) is 19.6. The van der Waals surface area contributed by atoms with E-state index in [0.717, 1.165) is 0 Å². The average Bonchev–Trinajstić information content (AvgIpc) is 2.74. The molecule has 0 amide bonds. The van der Waals surface area contributed by atoms with Gasteiger partial charge in [0.05, 0.1) is 16.8 Å². The second-order valence-corrected chi connectivity index (χ2v) is 11.2. The number of benzene rings is 2. The van der Waals surface area contributed by atoms with E-state index in [2.05, 4.69) is 5.32 Å². The monoisotopic (exact) mass is 504 g/mol. The number of nitrogens with one attached hydrogen (secondary N) is 1. The van der Waals surface area contributed by atoms with E-state index in [1.165, 1.54) is 49.4 Å². The molecule has 2 aliphatic carbocycles. The first-order valence-corrected chi connectivity index (χ1v) is 12.8. The molecule has 0 fully saturated rings. The number of carbonyl (C=O) groups is 2. The Kier molecular flexibility index (Phi) is 5.42. The molecular formula is C22H20N2O8S2. The molecule has 12 heteroatoms. The van der Waals surface area contributed by atoms with Gasteiger partial charge < -0.3 is 11.1 Å². The number of ketones is 2. The van der Waals surface area contributed by atoms with Crippen molar-refractivity contribution in [1.82, 2.24) is 0 Å². The summed E-state index contributed by atoms with van der Waals surface area (Å²) in [4.78, 5) is 23.8. The lowest BCUT2D eigenvalue weighted by molar-refractivity contribution is 0.0963. The molecule has 5 N–H and O–H groups in total. The van der Waals surface area contributed by atoms with Gasteiger partial charge >= 0.3 is 0 Å². The average molecular weight is 505 g/mol. The summed E-state index contributed by atoms with van der Waals surface area (Å²) in [5.74, 6) is -2.82. The fraction of sp³-hybridized carbons (Fsp3) is 0.182. The molecule has 4 rings (SSSR count). The van der Waals surface area contributed by atoms with Gasteiger partial charge in [-0.1, -0.05) is 43.3 Å². The van der Waals surface area contributed by atoms with Crippen LogP contribution in [0.15, 0.2) is 70.3 Å². The number of fused-ring (bicyclic) bond motifs is 1. The summed E-state index contributed by atoms with van der Waals surface area (Å²) in [7, 11) is -9.79. The van der Waals surface area contributed by atoms with E-state index in [0.29, 0.717) is 5.56 Å². The van der Waals surface area contributed by atoms with Crippen molar-refractivity contribution >= 4 is 37.5 Å². The molecule has 0 spiro atoms. The lowest BCUT2D eigenvalue weighted by Crippen LogP contribution is -2.58. The summed E-state index contributed by atoms with van der Waals surface area (Å²) in [5, 5.41) is 2.74. The van der Waals surface area contributed by atoms with Gasteiger partial charge in [0.15, 0.2) is 16.4 Å². The summed E-state index contributed by atoms with van der Waals surface area (Å²) in [6.07, 6.45) is 1.22. The number of aryl methyl sites for hydroxylation is 1. The van der Waals surface area contributed by atoms with Crippen molar-refractivity contribution < 1.29 is 35.5 Å². The predicted octanol–water partition coefficient (Wildman–Crippen LogP) is 2.11. The van der Waals surface area contributed by atoms with E-state index in [9.17, 15) is 35.5 Å². The lowest BCUT2D eigenvalue weighted by atomic mass is 9.73. The van der Waals surface area contributed by atoms with Crippen LogP contribution in [0.4, 0.5) is 5.69 Å². The molecule has 0 bridgehead atoms. The maximum atomic E-state index is 13.5. The number of rotatable bonds is 4. The lowest BCUT2D eigenvalue weighted by Gasteiger charge is -2.40. The Bertz CT molecular complexity index is 1550. The van der Waals surface area contributed by atoms with Gasteiger partial charge in [-0.15, -0.1) is 0 Å². The quantitative estimate of drug-likeness (QED) is 0.450. The fourth-order valence-electron chi connectivity index (χ4n) is 4.25. The highest BCUT2D eigenvalue weighted by Crippen LogP contribution is 2.45. The van der Waals surface area contributed by atoms with E-state index in [1.54, 1.807) is 13.0 Å². The van der Waals surface area contributed by atoms with Crippen molar-refractivity contribution in [1.29, 1.82) is 0 Å². The molecule has 2 aromatic carbocycles. The molecule has 2 aliphatic rings. The van der Waals surface area contributed by atoms with Crippen molar-refractivity contribution in [3.63, 3.8) is 0 Å². The summed E-state index contributed by atoms with van der Waals surface area (Å²) in [6.45, 7) is 2.94. The second kappa shape index (κ2) is 7.68. The molecule has 178 valence electrons. The van der Waals surface area contributed by atoms with Crippen molar-refractivity contribution in [3.05, 3.63) is 82.1 Å². The first kappa shape index (κ1) is 24.0. The highest BCUT2D eigenvalue weighted by atomic mass is 32.2. The van der Waals surface area contributed by atoms with Gasteiger partial charge in [-0.3, -0.25) is 18.7 Å². The van der Waals surface area contributed by atoms with Crippen molar-refractivity contribution in [2.24, 2.45) is 11.7 Å². The van der Waals surface area contributed by atoms with Gasteiger partial charge in [0, 0.05) is 22.7 Å². The molecule has 0 radical (unpaired) electrons. The van der Waals surface area contributed by atoms with Crippen LogP contribution in [0.3, 0.4) is 0 Å². The van der Waals surface area contributed by atoms with Crippen LogP contribution in [-0.2, 0) is 20.2 Å². The number of hydrogen-bond donors (Lipinski definition) is 4. The zero-order valence-electron chi connectivity index (χ0n) is 17.9. The number of Topliss-reactive ketones (excluding diaryl/α,β-unsaturated/α-hetero) is 2.